The first kappa shape index (κ1) is 17.7. The van der Waals surface area contributed by atoms with E-state index < -0.39 is 40.7 Å². The quantitative estimate of drug-likeness (QED) is 0.437. The Morgan fingerprint density at radius 3 is 2.16 bits per heavy atom. The predicted octanol–water partition coefficient (Wildman–Crippen LogP) is 0.828. The molecule has 0 saturated carbocycles. The third kappa shape index (κ3) is 7.02. The van der Waals surface area contributed by atoms with Gasteiger partial charge in [0.05, 0.1) is 7.11 Å². The van der Waals surface area contributed by atoms with Crippen LogP contribution in [0.25, 0.3) is 0 Å². The number of carbonyl (C=O) groups is 3. The maximum Gasteiger partial charge on any atom is 0.343 e. The first-order valence-corrected chi connectivity index (χ1v) is 6.07. The molecule has 0 heterocycles. The molecule has 0 saturated heterocycles. The minimum absolute atomic E-state index is 0.549. The van der Waals surface area contributed by atoms with Crippen LogP contribution in [0.1, 0.15) is 20.8 Å². The summed E-state index contributed by atoms with van der Waals surface area (Å²) in [6.45, 7) is 4.41. The molecule has 0 radical (unpaired) electrons. The van der Waals surface area contributed by atoms with Crippen LogP contribution < -0.4 is 0 Å². The Hall–Kier alpha value is -1.28. The van der Waals surface area contributed by atoms with Crippen LogP contribution in [-0.4, -0.2) is 47.8 Å². The van der Waals surface area contributed by atoms with Crippen LogP contribution in [0.15, 0.2) is 0 Å². The van der Waals surface area contributed by atoms with Gasteiger partial charge in [0, 0.05) is 0 Å². The van der Waals surface area contributed by atoms with E-state index in [1.807, 2.05) is 0 Å². The number of hydrogen-bond acceptors (Lipinski definition) is 7. The molecule has 1 N–H and O–H groups in total. The third-order valence-electron chi connectivity index (χ3n) is 1.66. The number of rotatable bonds is 6. The molecular formula is C11H16BrNO6. The number of esters is 2. The van der Waals surface area contributed by atoms with Gasteiger partial charge in [-0.2, -0.15) is 0 Å². The van der Waals surface area contributed by atoms with Gasteiger partial charge in [-0.05, 0) is 36.7 Å². The van der Waals surface area contributed by atoms with Crippen LogP contribution in [-0.2, 0) is 28.6 Å². The summed E-state index contributed by atoms with van der Waals surface area (Å²) in [5, 5.41) is 7.09. The van der Waals surface area contributed by atoms with E-state index in [0.717, 1.165) is 7.11 Å². The van der Waals surface area contributed by atoms with E-state index in [1.165, 1.54) is 0 Å². The lowest BCUT2D eigenvalue weighted by Crippen LogP contribution is -2.39. The Morgan fingerprint density at radius 1 is 1.26 bits per heavy atom. The first-order chi connectivity index (χ1) is 8.58. The molecule has 0 rings (SSSR count). The fraction of sp³-hybridized carbons (Fsp3) is 0.636. The van der Waals surface area contributed by atoms with Gasteiger partial charge >= 0.3 is 11.9 Å². The molecular weight excluding hydrogens is 322 g/mol. The molecule has 0 aliphatic heterocycles. The van der Waals surface area contributed by atoms with Crippen molar-refractivity contribution in [2.45, 2.75) is 32.5 Å². The molecule has 19 heavy (non-hydrogen) atoms. The molecule has 0 aliphatic carbocycles. The average Bonchev–Trinajstić information content (AvgIpc) is 2.25. The zero-order chi connectivity index (χ0) is 15.2. The van der Waals surface area contributed by atoms with Crippen LogP contribution in [0.3, 0.4) is 0 Å². The molecule has 0 amide bonds. The van der Waals surface area contributed by atoms with Crippen molar-refractivity contribution in [2.24, 2.45) is 0 Å². The summed E-state index contributed by atoms with van der Waals surface area (Å²) in [6, 6.07) is 0. The lowest BCUT2D eigenvalue weighted by atomic mass is 10.2. The zero-order valence-electron chi connectivity index (χ0n) is 11.1. The van der Waals surface area contributed by atoms with Crippen LogP contribution in [0, 0.1) is 5.41 Å². The summed E-state index contributed by atoms with van der Waals surface area (Å²) in [5.41, 5.74) is -0.701. The monoisotopic (exact) mass is 337 g/mol. The van der Waals surface area contributed by atoms with Gasteiger partial charge in [0.15, 0.2) is 0 Å². The summed E-state index contributed by atoms with van der Waals surface area (Å²) >= 11 is 2.62. The SMILES string of the molecule is COC(=O)C(OCC(=O)OC(C)(C)C)C(=O)C(=N)Br. The van der Waals surface area contributed by atoms with Crippen molar-refractivity contribution in [2.75, 3.05) is 13.7 Å². The van der Waals surface area contributed by atoms with Crippen LogP contribution in [0.5, 0.6) is 0 Å². The average molecular weight is 338 g/mol. The summed E-state index contributed by atoms with van der Waals surface area (Å²) in [6.07, 6.45) is -1.66. The Balaban J connectivity index is 4.60. The van der Waals surface area contributed by atoms with Gasteiger partial charge in [0.2, 0.25) is 11.9 Å². The highest BCUT2D eigenvalue weighted by atomic mass is 79.9. The van der Waals surface area contributed by atoms with Gasteiger partial charge in [-0.15, -0.1) is 0 Å². The number of ketones is 1. The smallest absolute Gasteiger partial charge is 0.343 e. The fourth-order valence-corrected chi connectivity index (χ4v) is 1.20. The molecule has 7 nitrogen and oxygen atoms in total. The number of Topliss-reactive ketones (excluding diaryl/α,β-unsaturated/α-hetero) is 1. The lowest BCUT2D eigenvalue weighted by Gasteiger charge is -2.20. The highest BCUT2D eigenvalue weighted by Crippen LogP contribution is 2.08. The molecule has 0 bridgehead atoms. The Labute approximate surface area is 119 Å². The second-order valence-corrected chi connectivity index (χ2v) is 5.27. The normalized spacial score (nSPS) is 12.5. The van der Waals surface area contributed by atoms with Gasteiger partial charge < -0.3 is 14.2 Å². The van der Waals surface area contributed by atoms with E-state index in [-0.39, 0.29) is 0 Å². The molecule has 0 aromatic rings. The maximum atomic E-state index is 11.5. The lowest BCUT2D eigenvalue weighted by molar-refractivity contribution is -0.168. The minimum atomic E-state index is -1.66. The van der Waals surface area contributed by atoms with Crippen LogP contribution in [0.4, 0.5) is 0 Å². The van der Waals surface area contributed by atoms with E-state index in [1.54, 1.807) is 20.8 Å². The minimum Gasteiger partial charge on any atom is -0.467 e. The summed E-state index contributed by atoms with van der Waals surface area (Å²) in [4.78, 5) is 34.2. The fourth-order valence-electron chi connectivity index (χ4n) is 0.995. The molecule has 0 aromatic carbocycles. The van der Waals surface area contributed by atoms with E-state index in [0.29, 0.717) is 0 Å². The van der Waals surface area contributed by atoms with E-state index in [2.05, 4.69) is 20.7 Å². The standard InChI is InChI=1S/C11H16BrNO6/c1-11(2,3)19-6(14)5-18-8(10(16)17-4)7(15)9(12)13/h8,13H,5H2,1-4H3. The van der Waals surface area contributed by atoms with Crippen molar-refractivity contribution in [1.82, 2.24) is 0 Å². The molecule has 1 unspecified atom stereocenters. The van der Waals surface area contributed by atoms with Gasteiger partial charge in [-0.25, -0.2) is 9.59 Å². The summed E-state index contributed by atoms with van der Waals surface area (Å²) < 4.78 is 13.6. The number of halogens is 1. The second-order valence-electron chi connectivity index (χ2n) is 4.48. The Bertz CT molecular complexity index is 387. The Morgan fingerprint density at radius 2 is 1.79 bits per heavy atom. The van der Waals surface area contributed by atoms with Crippen LogP contribution in [0.2, 0.25) is 0 Å². The molecule has 0 spiro atoms. The molecule has 8 heteroatoms. The topological polar surface area (TPSA) is 103 Å². The molecule has 0 aliphatic rings. The third-order valence-corrected chi connectivity index (χ3v) is 2.05. The van der Waals surface area contributed by atoms with Crippen molar-refractivity contribution < 1.29 is 28.6 Å². The number of carbonyl (C=O) groups excluding carboxylic acids is 3. The van der Waals surface area contributed by atoms with E-state index in [9.17, 15) is 14.4 Å². The van der Waals surface area contributed by atoms with Crippen molar-refractivity contribution >= 4 is 38.3 Å². The zero-order valence-corrected chi connectivity index (χ0v) is 12.7. The summed E-state index contributed by atoms with van der Waals surface area (Å²) in [5.74, 6) is -2.65. The largest absolute Gasteiger partial charge is 0.467 e. The number of nitrogens with one attached hydrogen (secondary N) is 1. The summed E-state index contributed by atoms with van der Waals surface area (Å²) in [7, 11) is 1.07. The van der Waals surface area contributed by atoms with Crippen LogP contribution >= 0.6 is 15.9 Å². The second kappa shape index (κ2) is 7.34. The highest BCUT2D eigenvalue weighted by molar-refractivity contribution is 9.19. The van der Waals surface area contributed by atoms with Gasteiger partial charge in [-0.1, -0.05) is 0 Å². The Kier molecular flexibility index (Phi) is 6.85. The van der Waals surface area contributed by atoms with Gasteiger partial charge in [0.1, 0.15) is 16.8 Å². The van der Waals surface area contributed by atoms with Gasteiger partial charge in [-0.3, -0.25) is 10.2 Å². The maximum absolute atomic E-state index is 11.5. The van der Waals surface area contributed by atoms with E-state index in [4.69, 9.17) is 14.9 Å². The van der Waals surface area contributed by atoms with E-state index >= 15 is 0 Å². The number of methoxy groups -OCH3 is 1. The van der Waals surface area contributed by atoms with Crippen molar-refractivity contribution in [3.05, 3.63) is 0 Å². The number of hydrogen-bond donors (Lipinski definition) is 1. The first-order valence-electron chi connectivity index (χ1n) is 5.28. The van der Waals surface area contributed by atoms with Crippen molar-refractivity contribution in [1.29, 1.82) is 5.41 Å². The van der Waals surface area contributed by atoms with Crippen molar-refractivity contribution in [3.63, 3.8) is 0 Å². The molecule has 108 valence electrons. The highest BCUT2D eigenvalue weighted by Gasteiger charge is 2.31. The molecule has 1 atom stereocenters. The van der Waals surface area contributed by atoms with Crippen molar-refractivity contribution in [3.8, 4) is 0 Å². The molecule has 0 aromatic heterocycles. The molecule has 0 fully saturated rings. The number of ether oxygens (including phenoxy) is 3. The predicted molar refractivity (Wildman–Crippen MR) is 69.3 cm³/mol. The van der Waals surface area contributed by atoms with Gasteiger partial charge in [0.25, 0.3) is 0 Å².